The third-order valence-corrected chi connectivity index (χ3v) is 2.32. The average molecular weight is 255 g/mol. The minimum Gasteiger partial charge on any atom is -0.456 e. The molecule has 0 aliphatic heterocycles. The van der Waals surface area contributed by atoms with Gasteiger partial charge in [0.1, 0.15) is 12.4 Å². The molecule has 0 atom stereocenters. The smallest absolute Gasteiger partial charge is 0.359 e. The van der Waals surface area contributed by atoms with Crippen LogP contribution in [-0.2, 0) is 11.3 Å². The molecule has 1 aromatic carbocycles. The molecule has 2 aromatic rings. The Morgan fingerprint density at radius 3 is 2.94 bits per heavy atom. The molecule has 0 bridgehead atoms. The van der Waals surface area contributed by atoms with E-state index in [0.717, 1.165) is 0 Å². The van der Waals surface area contributed by atoms with Gasteiger partial charge in [0.15, 0.2) is 5.69 Å². The van der Waals surface area contributed by atoms with Crippen LogP contribution in [0.15, 0.2) is 30.5 Å². The van der Waals surface area contributed by atoms with Gasteiger partial charge in [0, 0.05) is 16.8 Å². The van der Waals surface area contributed by atoms with E-state index >= 15 is 0 Å². The summed E-state index contributed by atoms with van der Waals surface area (Å²) in [5, 5.41) is 6.43. The molecule has 0 amide bonds. The Morgan fingerprint density at radius 2 is 2.29 bits per heavy atom. The zero-order valence-corrected chi connectivity index (χ0v) is 9.37. The number of hydrogen-bond acceptors (Lipinski definition) is 3. The highest BCUT2D eigenvalue weighted by atomic mass is 35.5. The molecule has 17 heavy (non-hydrogen) atoms. The van der Waals surface area contributed by atoms with Crippen molar-refractivity contribution in [3.63, 3.8) is 0 Å². The Morgan fingerprint density at radius 1 is 1.47 bits per heavy atom. The van der Waals surface area contributed by atoms with Gasteiger partial charge in [-0.05, 0) is 18.2 Å². The van der Waals surface area contributed by atoms with E-state index in [4.69, 9.17) is 16.3 Å². The standard InChI is InChI=1S/C11H8ClFN2O2/c12-8-2-1-7(9(13)5-8)6-17-11(16)10-3-4-14-15-10/h1-5H,6H2,(H,14,15). The average Bonchev–Trinajstić information content (AvgIpc) is 2.81. The maximum atomic E-state index is 13.3. The van der Waals surface area contributed by atoms with Crippen LogP contribution in [0.1, 0.15) is 16.1 Å². The van der Waals surface area contributed by atoms with Gasteiger partial charge in [-0.2, -0.15) is 5.10 Å². The number of carbonyl (C=O) groups excluding carboxylic acids is 1. The van der Waals surface area contributed by atoms with Crippen LogP contribution < -0.4 is 0 Å². The lowest BCUT2D eigenvalue weighted by Gasteiger charge is -2.04. The van der Waals surface area contributed by atoms with Gasteiger partial charge in [0.25, 0.3) is 0 Å². The van der Waals surface area contributed by atoms with Crippen molar-refractivity contribution in [3.05, 3.63) is 52.6 Å². The Labute approximate surface area is 101 Å². The van der Waals surface area contributed by atoms with E-state index in [2.05, 4.69) is 10.2 Å². The van der Waals surface area contributed by atoms with Crippen LogP contribution in [0.25, 0.3) is 0 Å². The number of halogens is 2. The van der Waals surface area contributed by atoms with Crippen LogP contribution >= 0.6 is 11.6 Å². The highest BCUT2D eigenvalue weighted by molar-refractivity contribution is 6.30. The summed E-state index contributed by atoms with van der Waals surface area (Å²) in [4.78, 5) is 11.4. The summed E-state index contributed by atoms with van der Waals surface area (Å²) in [6.07, 6.45) is 1.50. The highest BCUT2D eigenvalue weighted by Crippen LogP contribution is 2.15. The molecule has 0 spiro atoms. The van der Waals surface area contributed by atoms with Crippen LogP contribution in [0.5, 0.6) is 0 Å². The molecule has 0 aliphatic rings. The summed E-state index contributed by atoms with van der Waals surface area (Å²) >= 11 is 5.60. The van der Waals surface area contributed by atoms with E-state index in [0.29, 0.717) is 5.02 Å². The highest BCUT2D eigenvalue weighted by Gasteiger charge is 2.11. The van der Waals surface area contributed by atoms with Gasteiger partial charge in [-0.15, -0.1) is 0 Å². The van der Waals surface area contributed by atoms with Gasteiger partial charge < -0.3 is 4.74 Å². The molecular weight excluding hydrogens is 247 g/mol. The Bertz CT molecular complexity index is 528. The van der Waals surface area contributed by atoms with Crippen molar-refractivity contribution in [1.82, 2.24) is 10.2 Å². The van der Waals surface area contributed by atoms with E-state index in [1.165, 1.54) is 30.5 Å². The first-order chi connectivity index (χ1) is 8.16. The van der Waals surface area contributed by atoms with Crippen molar-refractivity contribution in [3.8, 4) is 0 Å². The molecule has 4 nitrogen and oxygen atoms in total. The van der Waals surface area contributed by atoms with Gasteiger partial charge in [0.05, 0.1) is 0 Å². The van der Waals surface area contributed by atoms with Crippen LogP contribution in [0.3, 0.4) is 0 Å². The number of aromatic nitrogens is 2. The molecule has 0 saturated heterocycles. The minimum atomic E-state index is -0.611. The lowest BCUT2D eigenvalue weighted by Crippen LogP contribution is -2.06. The molecule has 1 aromatic heterocycles. The number of ether oxygens (including phenoxy) is 1. The van der Waals surface area contributed by atoms with E-state index in [1.807, 2.05) is 0 Å². The summed E-state index contributed by atoms with van der Waals surface area (Å²) in [6.45, 7) is -0.158. The first-order valence-corrected chi connectivity index (χ1v) is 5.15. The Kier molecular flexibility index (Phi) is 3.39. The van der Waals surface area contributed by atoms with Crippen LogP contribution in [0.2, 0.25) is 5.02 Å². The molecule has 1 heterocycles. The number of benzene rings is 1. The van der Waals surface area contributed by atoms with Crippen molar-refractivity contribution in [2.24, 2.45) is 0 Å². The third kappa shape index (κ3) is 2.82. The predicted octanol–water partition coefficient (Wildman–Crippen LogP) is 2.56. The van der Waals surface area contributed by atoms with Crippen molar-refractivity contribution in [2.45, 2.75) is 6.61 Å². The number of nitrogens with one attached hydrogen (secondary N) is 1. The number of aromatic amines is 1. The molecule has 2 rings (SSSR count). The molecule has 6 heteroatoms. The second-order valence-electron chi connectivity index (χ2n) is 3.27. The Balaban J connectivity index is 2.01. The maximum absolute atomic E-state index is 13.3. The van der Waals surface area contributed by atoms with Crippen LogP contribution in [-0.4, -0.2) is 16.2 Å². The second kappa shape index (κ2) is 4.97. The van der Waals surface area contributed by atoms with E-state index in [-0.39, 0.29) is 17.9 Å². The van der Waals surface area contributed by atoms with E-state index in [9.17, 15) is 9.18 Å². The number of rotatable bonds is 3. The van der Waals surface area contributed by atoms with Crippen molar-refractivity contribution < 1.29 is 13.9 Å². The van der Waals surface area contributed by atoms with Gasteiger partial charge >= 0.3 is 5.97 Å². The van der Waals surface area contributed by atoms with Crippen LogP contribution in [0, 0.1) is 5.82 Å². The molecule has 0 aliphatic carbocycles. The zero-order chi connectivity index (χ0) is 12.3. The topological polar surface area (TPSA) is 55.0 Å². The lowest BCUT2D eigenvalue weighted by atomic mass is 10.2. The third-order valence-electron chi connectivity index (χ3n) is 2.08. The van der Waals surface area contributed by atoms with E-state index in [1.54, 1.807) is 0 Å². The van der Waals surface area contributed by atoms with Crippen molar-refractivity contribution in [2.75, 3.05) is 0 Å². The zero-order valence-electron chi connectivity index (χ0n) is 8.61. The van der Waals surface area contributed by atoms with Gasteiger partial charge in [-0.25, -0.2) is 9.18 Å². The molecule has 88 valence electrons. The molecule has 1 N–H and O–H groups in total. The van der Waals surface area contributed by atoms with Crippen molar-refractivity contribution >= 4 is 17.6 Å². The van der Waals surface area contributed by atoms with Gasteiger partial charge in [-0.3, -0.25) is 5.10 Å². The number of H-pyrrole nitrogens is 1. The fourth-order valence-corrected chi connectivity index (χ4v) is 1.39. The molecule has 0 fully saturated rings. The molecule has 0 unspecified atom stereocenters. The molecular formula is C11H8ClFN2O2. The maximum Gasteiger partial charge on any atom is 0.359 e. The predicted molar refractivity (Wildman–Crippen MR) is 59.1 cm³/mol. The normalized spacial score (nSPS) is 10.2. The number of esters is 1. The quantitative estimate of drug-likeness (QED) is 0.857. The first kappa shape index (κ1) is 11.6. The van der Waals surface area contributed by atoms with Crippen LogP contribution in [0.4, 0.5) is 4.39 Å². The Hall–Kier alpha value is -1.88. The lowest BCUT2D eigenvalue weighted by molar-refractivity contribution is 0.0462. The SMILES string of the molecule is O=C(OCc1ccc(Cl)cc1F)c1cc[nH]n1. The summed E-state index contributed by atoms with van der Waals surface area (Å²) in [6, 6.07) is 5.64. The minimum absolute atomic E-state index is 0.152. The fraction of sp³-hybridized carbons (Fsp3) is 0.0909. The van der Waals surface area contributed by atoms with Gasteiger partial charge in [0.2, 0.25) is 0 Å². The molecule has 0 saturated carbocycles. The largest absolute Gasteiger partial charge is 0.456 e. The van der Waals surface area contributed by atoms with Crippen molar-refractivity contribution in [1.29, 1.82) is 0 Å². The summed E-state index contributed by atoms with van der Waals surface area (Å²) in [5.41, 5.74) is 0.414. The second-order valence-corrected chi connectivity index (χ2v) is 3.71. The molecule has 0 radical (unpaired) electrons. The number of hydrogen-bond donors (Lipinski definition) is 1. The fourth-order valence-electron chi connectivity index (χ4n) is 1.23. The first-order valence-electron chi connectivity index (χ1n) is 4.77. The monoisotopic (exact) mass is 254 g/mol. The number of carbonyl (C=O) groups is 1. The van der Waals surface area contributed by atoms with E-state index < -0.39 is 11.8 Å². The summed E-state index contributed by atoms with van der Waals surface area (Å²) < 4.78 is 18.2. The summed E-state index contributed by atoms with van der Waals surface area (Å²) in [5.74, 6) is -1.12. The summed E-state index contributed by atoms with van der Waals surface area (Å²) in [7, 11) is 0. The van der Waals surface area contributed by atoms with Gasteiger partial charge in [-0.1, -0.05) is 17.7 Å². The number of nitrogens with zero attached hydrogens (tertiary/aromatic N) is 1.